The van der Waals surface area contributed by atoms with Crippen molar-refractivity contribution in [2.45, 2.75) is 24.2 Å². The molecule has 0 unspecified atom stereocenters. The van der Waals surface area contributed by atoms with E-state index in [0.717, 1.165) is 19.3 Å². The average molecular weight is 391 g/mol. The highest BCUT2D eigenvalue weighted by Gasteiger charge is 2.26. The highest BCUT2D eigenvalue weighted by atomic mass is 35.5. The van der Waals surface area contributed by atoms with Gasteiger partial charge in [0.2, 0.25) is 10.0 Å². The zero-order valence-electron chi connectivity index (χ0n) is 14.2. The van der Waals surface area contributed by atoms with Crippen molar-refractivity contribution in [2.24, 2.45) is 0 Å². The minimum absolute atomic E-state index is 0.135. The Morgan fingerprint density at radius 2 is 2.00 bits per heavy atom. The van der Waals surface area contributed by atoms with Gasteiger partial charge in [-0.05, 0) is 31.0 Å². The number of benzene rings is 1. The number of hydrogen-bond donors (Lipinski definition) is 1. The lowest BCUT2D eigenvalue weighted by molar-refractivity contribution is -0.123. The molecule has 0 saturated carbocycles. The van der Waals surface area contributed by atoms with Crippen molar-refractivity contribution < 1.29 is 22.7 Å². The molecule has 1 aliphatic heterocycles. The van der Waals surface area contributed by atoms with Crippen LogP contribution in [-0.4, -0.2) is 58.6 Å². The summed E-state index contributed by atoms with van der Waals surface area (Å²) in [5.41, 5.74) is 0. The van der Waals surface area contributed by atoms with E-state index in [1.54, 1.807) is 7.11 Å². The van der Waals surface area contributed by atoms with Crippen LogP contribution in [0.2, 0.25) is 5.02 Å². The molecule has 1 saturated heterocycles. The molecular weight excluding hydrogens is 368 g/mol. The van der Waals surface area contributed by atoms with Crippen LogP contribution < -0.4 is 10.1 Å². The predicted molar refractivity (Wildman–Crippen MR) is 94.4 cm³/mol. The summed E-state index contributed by atoms with van der Waals surface area (Å²) in [7, 11) is -2.00. The summed E-state index contributed by atoms with van der Waals surface area (Å²) in [5.74, 6) is -0.0423. The van der Waals surface area contributed by atoms with Crippen LogP contribution in [0.25, 0.3) is 0 Å². The first-order valence-electron chi connectivity index (χ1n) is 8.13. The maximum absolute atomic E-state index is 12.6. The second-order valence-electron chi connectivity index (χ2n) is 5.69. The number of methoxy groups -OCH3 is 1. The molecule has 7 nitrogen and oxygen atoms in total. The predicted octanol–water partition coefficient (Wildman–Crippen LogP) is 1.66. The maximum Gasteiger partial charge on any atom is 0.258 e. The van der Waals surface area contributed by atoms with Crippen LogP contribution in [0.4, 0.5) is 0 Å². The van der Waals surface area contributed by atoms with Crippen LogP contribution in [0.3, 0.4) is 0 Å². The van der Waals surface area contributed by atoms with Gasteiger partial charge in [-0.25, -0.2) is 8.42 Å². The molecular formula is C16H23ClN2O5S. The second kappa shape index (κ2) is 9.38. The Labute approximate surface area is 153 Å². The third kappa shape index (κ3) is 5.57. The van der Waals surface area contributed by atoms with Crippen LogP contribution in [0.1, 0.15) is 19.3 Å². The van der Waals surface area contributed by atoms with Crippen LogP contribution in [0.5, 0.6) is 5.75 Å². The van der Waals surface area contributed by atoms with Gasteiger partial charge >= 0.3 is 0 Å². The van der Waals surface area contributed by atoms with Crippen molar-refractivity contribution in [3.8, 4) is 5.75 Å². The molecule has 0 atom stereocenters. The quantitative estimate of drug-likeness (QED) is 0.682. The van der Waals surface area contributed by atoms with Crippen molar-refractivity contribution in [3.63, 3.8) is 0 Å². The fourth-order valence-corrected chi connectivity index (χ4v) is 4.34. The summed E-state index contributed by atoms with van der Waals surface area (Å²) in [4.78, 5) is 11.7. The zero-order chi connectivity index (χ0) is 18.3. The standard InChI is InChI=1S/C16H23ClN2O5S/c1-23-10-7-18-16(20)12-24-15-6-5-13(11-14(15)17)25(21,22)19-8-3-2-4-9-19/h5-6,11H,2-4,7-10,12H2,1H3,(H,18,20). The molecule has 1 aliphatic rings. The van der Waals surface area contributed by atoms with E-state index in [0.29, 0.717) is 26.2 Å². The summed E-state index contributed by atoms with van der Waals surface area (Å²) in [6, 6.07) is 4.29. The number of rotatable bonds is 8. The fourth-order valence-electron chi connectivity index (χ4n) is 2.50. The number of hydrogen-bond acceptors (Lipinski definition) is 5. The smallest absolute Gasteiger partial charge is 0.258 e. The summed E-state index contributed by atoms with van der Waals surface area (Å²) >= 11 is 6.12. The monoisotopic (exact) mass is 390 g/mol. The molecule has 25 heavy (non-hydrogen) atoms. The lowest BCUT2D eigenvalue weighted by atomic mass is 10.2. The van der Waals surface area contributed by atoms with Gasteiger partial charge < -0.3 is 14.8 Å². The van der Waals surface area contributed by atoms with Crippen LogP contribution in [-0.2, 0) is 19.6 Å². The number of ether oxygens (including phenoxy) is 2. The highest BCUT2D eigenvalue weighted by molar-refractivity contribution is 7.89. The largest absolute Gasteiger partial charge is 0.482 e. The molecule has 1 heterocycles. The van der Waals surface area contributed by atoms with Gasteiger partial charge in [0.1, 0.15) is 5.75 Å². The van der Waals surface area contributed by atoms with E-state index in [2.05, 4.69) is 5.32 Å². The fraction of sp³-hybridized carbons (Fsp3) is 0.562. The van der Waals surface area contributed by atoms with Crippen molar-refractivity contribution in [3.05, 3.63) is 23.2 Å². The Bertz CT molecular complexity index is 690. The van der Waals surface area contributed by atoms with Crippen LogP contribution in [0, 0.1) is 0 Å². The van der Waals surface area contributed by atoms with E-state index in [1.807, 2.05) is 0 Å². The molecule has 1 amide bonds. The molecule has 2 rings (SSSR count). The van der Waals surface area contributed by atoms with E-state index >= 15 is 0 Å². The van der Waals surface area contributed by atoms with Crippen molar-refractivity contribution in [1.29, 1.82) is 0 Å². The Morgan fingerprint density at radius 3 is 2.64 bits per heavy atom. The first-order valence-corrected chi connectivity index (χ1v) is 9.95. The van der Waals surface area contributed by atoms with Gasteiger partial charge in [-0.2, -0.15) is 4.31 Å². The lowest BCUT2D eigenvalue weighted by Crippen LogP contribution is -2.35. The molecule has 140 valence electrons. The van der Waals surface area contributed by atoms with Gasteiger partial charge in [0.25, 0.3) is 5.91 Å². The first-order chi connectivity index (χ1) is 11.9. The first kappa shape index (κ1) is 20.0. The van der Waals surface area contributed by atoms with Crippen LogP contribution in [0.15, 0.2) is 23.1 Å². The van der Waals surface area contributed by atoms with Crippen molar-refractivity contribution >= 4 is 27.5 Å². The topological polar surface area (TPSA) is 84.9 Å². The van der Waals surface area contributed by atoms with Gasteiger partial charge in [-0.15, -0.1) is 0 Å². The van der Waals surface area contributed by atoms with Gasteiger partial charge in [0.15, 0.2) is 6.61 Å². The van der Waals surface area contributed by atoms with Gasteiger partial charge in [-0.1, -0.05) is 18.0 Å². The van der Waals surface area contributed by atoms with E-state index in [1.165, 1.54) is 22.5 Å². The molecule has 1 aromatic rings. The van der Waals surface area contributed by atoms with Gasteiger partial charge in [0.05, 0.1) is 16.5 Å². The third-order valence-electron chi connectivity index (χ3n) is 3.84. The van der Waals surface area contributed by atoms with E-state index in [9.17, 15) is 13.2 Å². The molecule has 0 radical (unpaired) electrons. The highest BCUT2D eigenvalue weighted by Crippen LogP contribution is 2.29. The van der Waals surface area contributed by atoms with Gasteiger partial charge in [-0.3, -0.25) is 4.79 Å². The molecule has 0 aliphatic carbocycles. The number of halogens is 1. The number of nitrogens with zero attached hydrogens (tertiary/aromatic N) is 1. The molecule has 1 N–H and O–H groups in total. The number of carbonyl (C=O) groups excluding carboxylic acids is 1. The molecule has 1 aromatic carbocycles. The SMILES string of the molecule is COCCNC(=O)COc1ccc(S(=O)(=O)N2CCCCC2)cc1Cl. The Kier molecular flexibility index (Phi) is 7.49. The minimum Gasteiger partial charge on any atom is -0.482 e. The summed E-state index contributed by atoms with van der Waals surface area (Å²) in [6.45, 7) is 1.65. The number of amides is 1. The van der Waals surface area contributed by atoms with E-state index in [4.69, 9.17) is 21.1 Å². The Morgan fingerprint density at radius 1 is 1.28 bits per heavy atom. The molecule has 0 aromatic heterocycles. The zero-order valence-corrected chi connectivity index (χ0v) is 15.7. The molecule has 0 spiro atoms. The van der Waals surface area contributed by atoms with Crippen molar-refractivity contribution in [1.82, 2.24) is 9.62 Å². The Hall–Kier alpha value is -1.35. The number of piperidine rings is 1. The number of sulfonamides is 1. The average Bonchev–Trinajstić information content (AvgIpc) is 2.61. The normalized spacial score (nSPS) is 15.8. The summed E-state index contributed by atoms with van der Waals surface area (Å²) < 4.78 is 36.9. The van der Waals surface area contributed by atoms with Crippen LogP contribution >= 0.6 is 11.6 Å². The summed E-state index contributed by atoms with van der Waals surface area (Å²) in [5, 5.41) is 2.77. The lowest BCUT2D eigenvalue weighted by Gasteiger charge is -2.26. The number of carbonyl (C=O) groups is 1. The second-order valence-corrected chi connectivity index (χ2v) is 8.03. The van der Waals surface area contributed by atoms with E-state index < -0.39 is 10.0 Å². The van der Waals surface area contributed by atoms with Gasteiger partial charge in [0, 0.05) is 26.7 Å². The Balaban J connectivity index is 1.99. The molecule has 9 heteroatoms. The summed E-state index contributed by atoms with van der Waals surface area (Å²) in [6.07, 6.45) is 2.78. The van der Waals surface area contributed by atoms with Crippen molar-refractivity contribution in [2.75, 3.05) is 40.0 Å². The minimum atomic E-state index is -3.55. The third-order valence-corrected chi connectivity index (χ3v) is 6.03. The molecule has 1 fully saturated rings. The molecule has 0 bridgehead atoms. The maximum atomic E-state index is 12.6. The van der Waals surface area contributed by atoms with E-state index in [-0.39, 0.29) is 28.2 Å². The number of nitrogens with one attached hydrogen (secondary N) is 1.